The largest absolute Gasteiger partial charge is 0.447 e. The Morgan fingerprint density at radius 1 is 1.10 bits per heavy atom. The minimum atomic E-state index is -0.0405. The van der Waals surface area contributed by atoms with Gasteiger partial charge in [-0.25, -0.2) is 4.79 Å². The maximum absolute atomic E-state index is 12.2. The third-order valence-corrected chi connectivity index (χ3v) is 6.63. The standard InChI is InChI=1S/C17H28N2O2/c20-15-19(17(6-7-17)13-21-15)12-16(8-10-18-11-9-16)14-4-2-1-3-5-14/h14,18H,1-13H2. The predicted molar refractivity (Wildman–Crippen MR) is 81.1 cm³/mol. The van der Waals surface area contributed by atoms with Gasteiger partial charge >= 0.3 is 6.09 Å². The van der Waals surface area contributed by atoms with Crippen molar-refractivity contribution in [2.24, 2.45) is 11.3 Å². The van der Waals surface area contributed by atoms with Crippen LogP contribution in [0.25, 0.3) is 0 Å². The van der Waals surface area contributed by atoms with Crippen molar-refractivity contribution in [3.05, 3.63) is 0 Å². The lowest BCUT2D eigenvalue weighted by Crippen LogP contribution is -2.52. The van der Waals surface area contributed by atoms with E-state index in [4.69, 9.17) is 4.74 Å². The van der Waals surface area contributed by atoms with E-state index in [1.807, 2.05) is 0 Å². The maximum atomic E-state index is 12.2. The van der Waals surface area contributed by atoms with Gasteiger partial charge in [-0.1, -0.05) is 19.3 Å². The lowest BCUT2D eigenvalue weighted by Gasteiger charge is -2.48. The van der Waals surface area contributed by atoms with Crippen LogP contribution in [0.3, 0.4) is 0 Å². The molecule has 2 aliphatic carbocycles. The van der Waals surface area contributed by atoms with Crippen molar-refractivity contribution in [3.8, 4) is 0 Å². The van der Waals surface area contributed by atoms with Gasteiger partial charge in [0.15, 0.2) is 0 Å². The van der Waals surface area contributed by atoms with Crippen LogP contribution in [-0.2, 0) is 4.74 Å². The Morgan fingerprint density at radius 2 is 1.81 bits per heavy atom. The van der Waals surface area contributed by atoms with Crippen LogP contribution in [0.2, 0.25) is 0 Å². The Bertz CT molecular complexity index is 407. The molecule has 0 aromatic rings. The zero-order valence-corrected chi connectivity index (χ0v) is 13.0. The van der Waals surface area contributed by atoms with E-state index < -0.39 is 0 Å². The Morgan fingerprint density at radius 3 is 2.48 bits per heavy atom. The Hall–Kier alpha value is -0.770. The van der Waals surface area contributed by atoms with E-state index in [2.05, 4.69) is 10.2 Å². The number of piperidine rings is 1. The molecule has 4 aliphatic rings. The number of rotatable bonds is 3. The van der Waals surface area contributed by atoms with E-state index in [1.165, 1.54) is 44.9 Å². The highest BCUT2D eigenvalue weighted by atomic mass is 16.6. The molecule has 2 saturated heterocycles. The second-order valence-electron chi connectivity index (χ2n) is 7.81. The number of ether oxygens (including phenoxy) is 1. The molecule has 2 heterocycles. The molecule has 0 atom stereocenters. The minimum absolute atomic E-state index is 0.0405. The zero-order valence-electron chi connectivity index (χ0n) is 13.0. The third-order valence-electron chi connectivity index (χ3n) is 6.63. The van der Waals surface area contributed by atoms with E-state index in [1.54, 1.807) is 0 Å². The summed E-state index contributed by atoms with van der Waals surface area (Å²) in [5, 5.41) is 3.52. The molecule has 1 spiro atoms. The van der Waals surface area contributed by atoms with Gasteiger partial charge in [0.05, 0.1) is 5.54 Å². The van der Waals surface area contributed by atoms with Gasteiger partial charge in [0.2, 0.25) is 0 Å². The van der Waals surface area contributed by atoms with Gasteiger partial charge in [0, 0.05) is 6.54 Å². The van der Waals surface area contributed by atoms with Gasteiger partial charge in [-0.2, -0.15) is 0 Å². The average Bonchev–Trinajstić information content (AvgIpc) is 3.27. The number of nitrogens with one attached hydrogen (secondary N) is 1. The van der Waals surface area contributed by atoms with Crippen molar-refractivity contribution < 1.29 is 9.53 Å². The van der Waals surface area contributed by atoms with Crippen LogP contribution in [0.5, 0.6) is 0 Å². The lowest BCUT2D eigenvalue weighted by molar-refractivity contribution is 0.0336. The first kappa shape index (κ1) is 13.9. The molecule has 21 heavy (non-hydrogen) atoms. The molecule has 4 heteroatoms. The molecular weight excluding hydrogens is 264 g/mol. The number of hydrogen-bond donors (Lipinski definition) is 1. The van der Waals surface area contributed by atoms with Crippen molar-refractivity contribution in [2.75, 3.05) is 26.2 Å². The lowest BCUT2D eigenvalue weighted by atomic mass is 9.63. The summed E-state index contributed by atoms with van der Waals surface area (Å²) in [6.45, 7) is 3.84. The third kappa shape index (κ3) is 2.36. The van der Waals surface area contributed by atoms with Gasteiger partial charge in [-0.05, 0) is 62.9 Å². The topological polar surface area (TPSA) is 41.6 Å². The van der Waals surface area contributed by atoms with Crippen molar-refractivity contribution in [3.63, 3.8) is 0 Å². The van der Waals surface area contributed by atoms with Crippen LogP contribution in [0.1, 0.15) is 57.8 Å². The molecule has 0 radical (unpaired) electrons. The molecule has 118 valence electrons. The van der Waals surface area contributed by atoms with Crippen LogP contribution in [0.15, 0.2) is 0 Å². The molecule has 1 amide bonds. The minimum Gasteiger partial charge on any atom is -0.447 e. The first-order chi connectivity index (χ1) is 10.2. The Kier molecular flexibility index (Phi) is 3.40. The van der Waals surface area contributed by atoms with Gasteiger partial charge in [-0.3, -0.25) is 4.90 Å². The first-order valence-corrected chi connectivity index (χ1v) is 8.89. The van der Waals surface area contributed by atoms with E-state index in [9.17, 15) is 4.79 Å². The number of carbonyl (C=O) groups is 1. The molecule has 4 rings (SSSR count). The maximum Gasteiger partial charge on any atom is 0.410 e. The highest BCUT2D eigenvalue weighted by Gasteiger charge is 2.58. The van der Waals surface area contributed by atoms with Gasteiger partial charge < -0.3 is 10.1 Å². The monoisotopic (exact) mass is 292 g/mol. The van der Waals surface area contributed by atoms with Crippen molar-refractivity contribution in [2.45, 2.75) is 63.3 Å². The quantitative estimate of drug-likeness (QED) is 0.869. The normalized spacial score (nSPS) is 31.4. The number of nitrogens with zero attached hydrogens (tertiary/aromatic N) is 1. The summed E-state index contributed by atoms with van der Waals surface area (Å²) in [4.78, 5) is 14.3. The Labute approximate surface area is 127 Å². The molecule has 2 aliphatic heterocycles. The summed E-state index contributed by atoms with van der Waals surface area (Å²) in [5.74, 6) is 0.817. The molecule has 4 nitrogen and oxygen atoms in total. The van der Waals surface area contributed by atoms with Crippen molar-refractivity contribution >= 4 is 6.09 Å². The summed E-state index contributed by atoms with van der Waals surface area (Å²) in [6, 6.07) is 0. The molecule has 0 unspecified atom stereocenters. The molecule has 2 saturated carbocycles. The van der Waals surface area contributed by atoms with Crippen molar-refractivity contribution in [1.29, 1.82) is 0 Å². The number of hydrogen-bond acceptors (Lipinski definition) is 3. The summed E-state index contributed by atoms with van der Waals surface area (Å²) >= 11 is 0. The summed E-state index contributed by atoms with van der Waals surface area (Å²) < 4.78 is 5.39. The first-order valence-electron chi connectivity index (χ1n) is 8.89. The molecule has 4 fully saturated rings. The molecule has 0 aromatic heterocycles. The number of cyclic esters (lactones) is 1. The van der Waals surface area contributed by atoms with Crippen LogP contribution in [-0.4, -0.2) is 42.8 Å². The SMILES string of the molecule is O=C1OCC2(CC2)N1CC1(C2CCCCC2)CCNCC1. The van der Waals surface area contributed by atoms with Gasteiger partial charge in [0.25, 0.3) is 0 Å². The second-order valence-corrected chi connectivity index (χ2v) is 7.81. The second kappa shape index (κ2) is 5.15. The fraction of sp³-hybridized carbons (Fsp3) is 0.941. The van der Waals surface area contributed by atoms with Crippen molar-refractivity contribution in [1.82, 2.24) is 10.2 Å². The summed E-state index contributed by atoms with van der Waals surface area (Å²) in [5.41, 5.74) is 0.453. The van der Waals surface area contributed by atoms with Gasteiger partial charge in [0.1, 0.15) is 6.61 Å². The fourth-order valence-corrected chi connectivity index (χ4v) is 4.99. The highest BCUT2D eigenvalue weighted by Crippen LogP contribution is 2.51. The molecule has 0 bridgehead atoms. The number of carbonyl (C=O) groups excluding carboxylic acids is 1. The Balaban J connectivity index is 1.56. The van der Waals surface area contributed by atoms with Crippen LogP contribution < -0.4 is 5.32 Å². The van der Waals surface area contributed by atoms with Crippen LogP contribution >= 0.6 is 0 Å². The highest BCUT2D eigenvalue weighted by molar-refractivity contribution is 5.72. The molecule has 0 aromatic carbocycles. The predicted octanol–water partition coefficient (Wildman–Crippen LogP) is 2.92. The van der Waals surface area contributed by atoms with Crippen LogP contribution in [0, 0.1) is 11.3 Å². The number of amides is 1. The fourth-order valence-electron chi connectivity index (χ4n) is 4.99. The summed E-state index contributed by atoms with van der Waals surface area (Å²) in [7, 11) is 0. The zero-order chi connectivity index (χ0) is 14.3. The molecule has 1 N–H and O–H groups in total. The van der Waals surface area contributed by atoms with Gasteiger partial charge in [-0.15, -0.1) is 0 Å². The average molecular weight is 292 g/mol. The van der Waals surface area contributed by atoms with E-state index in [0.717, 1.165) is 38.4 Å². The van der Waals surface area contributed by atoms with E-state index in [0.29, 0.717) is 12.0 Å². The molecular formula is C17H28N2O2. The van der Waals surface area contributed by atoms with Crippen LogP contribution in [0.4, 0.5) is 4.79 Å². The van der Waals surface area contributed by atoms with E-state index >= 15 is 0 Å². The van der Waals surface area contributed by atoms with E-state index in [-0.39, 0.29) is 11.6 Å². The summed E-state index contributed by atoms with van der Waals surface area (Å²) in [6.07, 6.45) is 11.6. The smallest absolute Gasteiger partial charge is 0.410 e.